The third kappa shape index (κ3) is 3.80. The molecule has 0 amide bonds. The summed E-state index contributed by atoms with van der Waals surface area (Å²) in [4.78, 5) is 29.7. The van der Waals surface area contributed by atoms with Crippen LogP contribution >= 0.6 is 0 Å². The third-order valence-electron chi connectivity index (χ3n) is 5.84. The number of hydrogen-bond donors (Lipinski definition) is 1. The first-order valence-corrected chi connectivity index (χ1v) is 10.4. The van der Waals surface area contributed by atoms with Gasteiger partial charge in [-0.15, -0.1) is 0 Å². The average Bonchev–Trinajstić information content (AvgIpc) is 3.30. The summed E-state index contributed by atoms with van der Waals surface area (Å²) in [7, 11) is 0. The van der Waals surface area contributed by atoms with Crippen LogP contribution in [0, 0.1) is 0 Å². The maximum Gasteiger partial charge on any atom is 0.255 e. The minimum Gasteiger partial charge on any atom is -0.357 e. The predicted octanol–water partition coefficient (Wildman–Crippen LogP) is 2.99. The van der Waals surface area contributed by atoms with Crippen molar-refractivity contribution in [3.63, 3.8) is 0 Å². The Morgan fingerprint density at radius 3 is 2.59 bits per heavy atom. The Hall–Kier alpha value is -2.99. The first-order chi connectivity index (χ1) is 14.3. The molecule has 2 aromatic heterocycles. The number of nitrogens with zero attached hydrogens (tertiary/aromatic N) is 4. The standard InChI is InChI=1S/C23H25N5O/c29-23-19-16-27(15-17-8-9-21(24-14-17)28-11-4-5-12-28)13-10-20(19)25-22(26-23)18-6-2-1-3-7-18/h1-3,6-9,14H,4-5,10-13,15-16H2,(H,25,26,29). The van der Waals surface area contributed by atoms with Crippen LogP contribution in [0.5, 0.6) is 0 Å². The first kappa shape index (κ1) is 18.1. The predicted molar refractivity (Wildman–Crippen MR) is 114 cm³/mol. The van der Waals surface area contributed by atoms with Crippen LogP contribution in [0.3, 0.4) is 0 Å². The van der Waals surface area contributed by atoms with Crippen molar-refractivity contribution in [1.82, 2.24) is 19.9 Å². The number of aromatic nitrogens is 3. The monoisotopic (exact) mass is 387 g/mol. The van der Waals surface area contributed by atoms with Gasteiger partial charge in [0.2, 0.25) is 0 Å². The Morgan fingerprint density at radius 2 is 1.83 bits per heavy atom. The summed E-state index contributed by atoms with van der Waals surface area (Å²) in [6.07, 6.45) is 5.28. The van der Waals surface area contributed by atoms with Gasteiger partial charge >= 0.3 is 0 Å². The Kier molecular flexibility index (Phi) is 4.86. The normalized spacial score (nSPS) is 16.8. The summed E-state index contributed by atoms with van der Waals surface area (Å²) in [5.41, 5.74) is 3.81. The van der Waals surface area contributed by atoms with Crippen molar-refractivity contribution in [3.8, 4) is 11.4 Å². The highest BCUT2D eigenvalue weighted by atomic mass is 16.1. The van der Waals surface area contributed by atoms with Crippen LogP contribution in [0.25, 0.3) is 11.4 Å². The quantitative estimate of drug-likeness (QED) is 0.746. The van der Waals surface area contributed by atoms with Gasteiger partial charge in [-0.2, -0.15) is 0 Å². The van der Waals surface area contributed by atoms with Gasteiger partial charge in [-0.1, -0.05) is 36.4 Å². The van der Waals surface area contributed by atoms with E-state index in [2.05, 4.69) is 31.9 Å². The highest BCUT2D eigenvalue weighted by Gasteiger charge is 2.22. The number of rotatable bonds is 4. The van der Waals surface area contributed by atoms with Crippen molar-refractivity contribution in [1.29, 1.82) is 0 Å². The summed E-state index contributed by atoms with van der Waals surface area (Å²) in [5, 5.41) is 0. The highest BCUT2D eigenvalue weighted by Crippen LogP contribution is 2.21. The lowest BCUT2D eigenvalue weighted by Crippen LogP contribution is -2.35. The molecule has 1 fully saturated rings. The molecular weight excluding hydrogens is 362 g/mol. The molecule has 0 saturated carbocycles. The SMILES string of the molecule is O=c1[nH]c(-c2ccccc2)nc2c1CN(Cc1ccc(N3CCCC3)nc1)CC2. The van der Waals surface area contributed by atoms with Gasteiger partial charge in [0.25, 0.3) is 5.56 Å². The fourth-order valence-corrected chi connectivity index (χ4v) is 4.25. The van der Waals surface area contributed by atoms with E-state index in [1.54, 1.807) is 0 Å². The second-order valence-corrected chi connectivity index (χ2v) is 7.89. The van der Waals surface area contributed by atoms with Gasteiger partial charge in [0.1, 0.15) is 11.6 Å². The molecule has 0 bridgehead atoms. The third-order valence-corrected chi connectivity index (χ3v) is 5.84. The van der Waals surface area contributed by atoms with E-state index in [4.69, 9.17) is 4.98 Å². The molecule has 148 valence electrons. The van der Waals surface area contributed by atoms with Gasteiger partial charge in [0, 0.05) is 50.9 Å². The topological polar surface area (TPSA) is 65.1 Å². The second-order valence-electron chi connectivity index (χ2n) is 7.89. The number of nitrogens with one attached hydrogen (secondary N) is 1. The fourth-order valence-electron chi connectivity index (χ4n) is 4.25. The molecule has 1 aromatic carbocycles. The molecule has 0 aliphatic carbocycles. The van der Waals surface area contributed by atoms with Gasteiger partial charge in [-0.3, -0.25) is 9.69 Å². The molecule has 0 unspecified atom stereocenters. The molecule has 1 N–H and O–H groups in total. The summed E-state index contributed by atoms with van der Waals surface area (Å²) in [6.45, 7) is 4.53. The minimum atomic E-state index is -0.0268. The molecule has 1 saturated heterocycles. The lowest BCUT2D eigenvalue weighted by molar-refractivity contribution is 0.241. The lowest BCUT2D eigenvalue weighted by Gasteiger charge is -2.27. The summed E-state index contributed by atoms with van der Waals surface area (Å²) >= 11 is 0. The Labute approximate surface area is 170 Å². The van der Waals surface area contributed by atoms with E-state index in [0.29, 0.717) is 12.4 Å². The van der Waals surface area contributed by atoms with Crippen LogP contribution in [0.4, 0.5) is 5.82 Å². The molecule has 0 radical (unpaired) electrons. The zero-order valence-corrected chi connectivity index (χ0v) is 16.5. The molecule has 0 spiro atoms. The number of hydrogen-bond acceptors (Lipinski definition) is 5. The average molecular weight is 387 g/mol. The molecule has 6 nitrogen and oxygen atoms in total. The molecule has 0 atom stereocenters. The maximum atomic E-state index is 12.7. The van der Waals surface area contributed by atoms with Crippen molar-refractivity contribution in [3.05, 3.63) is 75.8 Å². The van der Waals surface area contributed by atoms with Crippen LogP contribution in [0.2, 0.25) is 0 Å². The number of benzene rings is 1. The number of fused-ring (bicyclic) bond motifs is 1. The Bertz CT molecular complexity index is 1040. The van der Waals surface area contributed by atoms with Crippen LogP contribution in [-0.2, 0) is 19.5 Å². The van der Waals surface area contributed by atoms with Gasteiger partial charge in [0.15, 0.2) is 0 Å². The van der Waals surface area contributed by atoms with Gasteiger partial charge in [0.05, 0.1) is 11.3 Å². The van der Waals surface area contributed by atoms with E-state index in [0.717, 1.165) is 55.2 Å². The van der Waals surface area contributed by atoms with Crippen molar-refractivity contribution in [2.24, 2.45) is 0 Å². The van der Waals surface area contributed by atoms with E-state index in [1.807, 2.05) is 36.5 Å². The van der Waals surface area contributed by atoms with E-state index in [9.17, 15) is 4.79 Å². The van der Waals surface area contributed by atoms with Crippen molar-refractivity contribution >= 4 is 5.82 Å². The highest BCUT2D eigenvalue weighted by molar-refractivity contribution is 5.54. The van der Waals surface area contributed by atoms with Crippen molar-refractivity contribution < 1.29 is 0 Å². The minimum absolute atomic E-state index is 0.0268. The number of aromatic amines is 1. The maximum absolute atomic E-state index is 12.7. The van der Waals surface area contributed by atoms with E-state index in [1.165, 1.54) is 18.4 Å². The molecule has 29 heavy (non-hydrogen) atoms. The molecule has 5 rings (SSSR count). The van der Waals surface area contributed by atoms with E-state index >= 15 is 0 Å². The molecule has 2 aliphatic rings. The largest absolute Gasteiger partial charge is 0.357 e. The Balaban J connectivity index is 1.30. The molecule has 3 aromatic rings. The number of pyridine rings is 1. The van der Waals surface area contributed by atoms with E-state index in [-0.39, 0.29) is 5.56 Å². The summed E-state index contributed by atoms with van der Waals surface area (Å²) in [5.74, 6) is 1.73. The zero-order chi connectivity index (χ0) is 19.6. The van der Waals surface area contributed by atoms with Crippen LogP contribution < -0.4 is 10.5 Å². The van der Waals surface area contributed by atoms with Crippen molar-refractivity contribution in [2.45, 2.75) is 32.4 Å². The van der Waals surface area contributed by atoms with Crippen molar-refractivity contribution in [2.75, 3.05) is 24.5 Å². The Morgan fingerprint density at radius 1 is 1.00 bits per heavy atom. The number of H-pyrrole nitrogens is 1. The summed E-state index contributed by atoms with van der Waals surface area (Å²) in [6, 6.07) is 14.1. The fraction of sp³-hybridized carbons (Fsp3) is 0.348. The second kappa shape index (κ2) is 7.79. The van der Waals surface area contributed by atoms with Crippen LogP contribution in [0.15, 0.2) is 53.5 Å². The smallest absolute Gasteiger partial charge is 0.255 e. The van der Waals surface area contributed by atoms with Gasteiger partial charge < -0.3 is 9.88 Å². The molecule has 2 aliphatic heterocycles. The molecule has 4 heterocycles. The zero-order valence-electron chi connectivity index (χ0n) is 16.5. The lowest BCUT2D eigenvalue weighted by atomic mass is 10.1. The van der Waals surface area contributed by atoms with E-state index < -0.39 is 0 Å². The summed E-state index contributed by atoms with van der Waals surface area (Å²) < 4.78 is 0. The van der Waals surface area contributed by atoms with Crippen LogP contribution in [-0.4, -0.2) is 39.5 Å². The van der Waals surface area contributed by atoms with Gasteiger partial charge in [-0.25, -0.2) is 9.97 Å². The number of anilines is 1. The molecular formula is C23H25N5O. The van der Waals surface area contributed by atoms with Gasteiger partial charge in [-0.05, 0) is 24.5 Å². The first-order valence-electron chi connectivity index (χ1n) is 10.4. The van der Waals surface area contributed by atoms with Crippen LogP contribution in [0.1, 0.15) is 29.7 Å². The molecule has 6 heteroatoms.